The molecule has 0 spiro atoms. The Hall–Kier alpha value is -4.20. The molecular weight excluding hydrogens is 740 g/mol. The van der Waals surface area contributed by atoms with Crippen LogP contribution in [0.3, 0.4) is 0 Å². The monoisotopic (exact) mass is 762 g/mol. The first kappa shape index (κ1) is 36.6. The molecule has 1 atom stereocenters. The van der Waals surface area contributed by atoms with E-state index in [4.69, 9.17) is 21.9 Å². The third kappa shape index (κ3) is 9.68. The lowest BCUT2D eigenvalue weighted by molar-refractivity contribution is 0.326. The van der Waals surface area contributed by atoms with Crippen LogP contribution in [0.25, 0.3) is 0 Å². The molecule has 0 amide bonds. The highest BCUT2D eigenvalue weighted by atomic mass is 35.5. The van der Waals surface area contributed by atoms with E-state index in [2.05, 4.69) is 40.0 Å². The number of nitrogen functional groups attached to an aromatic ring is 1. The molecule has 0 aliphatic rings. The van der Waals surface area contributed by atoms with Gasteiger partial charge in [0, 0.05) is 11.4 Å². The third-order valence-electron chi connectivity index (χ3n) is 5.98. The summed E-state index contributed by atoms with van der Waals surface area (Å²) in [6.07, 6.45) is 0. The van der Waals surface area contributed by atoms with E-state index in [9.17, 15) is 38.6 Å². The van der Waals surface area contributed by atoms with Crippen molar-refractivity contribution in [3.63, 3.8) is 0 Å². The largest absolute Gasteiger partial charge is 0.397 e. The molecule has 0 aliphatic carbocycles. The van der Waals surface area contributed by atoms with Crippen LogP contribution in [0.4, 0.5) is 40.3 Å². The molecule has 0 saturated carbocycles. The predicted molar refractivity (Wildman–Crippen MR) is 172 cm³/mol. The second-order valence-corrected chi connectivity index (χ2v) is 15.3. The van der Waals surface area contributed by atoms with Crippen LogP contribution < -0.4 is 16.4 Å². The molecule has 0 bridgehead atoms. The van der Waals surface area contributed by atoms with Gasteiger partial charge in [0.15, 0.2) is 9.84 Å². The van der Waals surface area contributed by atoms with Crippen LogP contribution in [0, 0.1) is 6.92 Å². The van der Waals surface area contributed by atoms with E-state index in [1.807, 2.05) is 0 Å². The average Bonchev–Trinajstić information content (AvgIpc) is 2.96. The van der Waals surface area contributed by atoms with Gasteiger partial charge in [0.05, 0.1) is 27.8 Å². The molecule has 4 aromatic rings. The quantitative estimate of drug-likeness (QED) is 0.0489. The number of hydrogen-bond donors (Lipinski definition) is 6. The number of aryl methyl sites for hydroxylation is 1. The van der Waals surface area contributed by atoms with Gasteiger partial charge in [0.1, 0.15) is 16.3 Å². The first-order chi connectivity index (χ1) is 22.3. The highest BCUT2D eigenvalue weighted by Crippen LogP contribution is 2.32. The number of rotatable bonds is 13. The molecule has 0 aliphatic heterocycles. The number of anilines is 5. The number of nitrogens with one attached hydrogen (secondary N) is 2. The summed E-state index contributed by atoms with van der Waals surface area (Å²) < 4.78 is 115. The minimum atomic E-state index is -5.00. The van der Waals surface area contributed by atoms with Gasteiger partial charge in [0.2, 0.25) is 17.2 Å². The molecule has 256 valence electrons. The Labute approximate surface area is 280 Å². The molecule has 0 fully saturated rings. The molecule has 19 nitrogen and oxygen atoms in total. The molecule has 4 rings (SSSR count). The van der Waals surface area contributed by atoms with E-state index in [1.54, 1.807) is 0 Å². The maximum absolute atomic E-state index is 12.5. The normalized spacial score (nSPS) is 13.0. The SMILES string of the molecule is Cc1ccc(Nc2nc(Cl)nc(Nc3ccc(N=Nc4ccc(S(=O)(=O)CCOS(=O)O)cc4S(=O)(=O)O)c(N)c3)n2)cc1S(=O)(=O)O. The van der Waals surface area contributed by atoms with Crippen LogP contribution in [-0.4, -0.2) is 70.4 Å². The Morgan fingerprint density at radius 1 is 0.833 bits per heavy atom. The van der Waals surface area contributed by atoms with Crippen molar-refractivity contribution in [3.05, 3.63) is 65.4 Å². The second-order valence-electron chi connectivity index (χ2n) is 9.39. The fourth-order valence-electron chi connectivity index (χ4n) is 3.82. The average molecular weight is 763 g/mol. The van der Waals surface area contributed by atoms with Gasteiger partial charge in [-0.1, -0.05) is 6.07 Å². The standard InChI is InChI=1S/C24H23ClN8O11S4/c1-13-2-3-15(11-20(13)47(38,39)40)28-24-30-22(25)29-23(31-24)27-14-4-6-18(17(26)10-14)32-33-19-7-5-16(12-21(19)48(41,42)43)46(36,37)9-8-44-45(34)35/h2-7,10-12H,8-9,26H2,1H3,(H,34,35)(H,38,39,40)(H,41,42,43)(H2,27,28,29,30,31). The minimum absolute atomic E-state index is 0.0218. The van der Waals surface area contributed by atoms with Crippen LogP contribution in [0.2, 0.25) is 5.28 Å². The van der Waals surface area contributed by atoms with Gasteiger partial charge < -0.3 is 16.4 Å². The van der Waals surface area contributed by atoms with E-state index >= 15 is 0 Å². The number of nitrogens with two attached hydrogens (primary N) is 1. The number of hydrogen-bond acceptors (Lipinski definition) is 16. The van der Waals surface area contributed by atoms with Crippen LogP contribution in [-0.2, 0) is 45.6 Å². The van der Waals surface area contributed by atoms with E-state index in [0.717, 1.165) is 12.1 Å². The van der Waals surface area contributed by atoms with E-state index in [-0.39, 0.29) is 39.1 Å². The van der Waals surface area contributed by atoms with Crippen LogP contribution in [0.5, 0.6) is 0 Å². The van der Waals surface area contributed by atoms with Crippen LogP contribution >= 0.6 is 11.6 Å². The maximum Gasteiger partial charge on any atom is 0.301 e. The van der Waals surface area contributed by atoms with Crippen LogP contribution in [0.1, 0.15) is 5.56 Å². The molecule has 0 radical (unpaired) electrons. The number of azo groups is 1. The summed E-state index contributed by atoms with van der Waals surface area (Å²) in [6, 6.07) is 11.0. The summed E-state index contributed by atoms with van der Waals surface area (Å²) >= 11 is 3.32. The fraction of sp³-hybridized carbons (Fsp3) is 0.125. The summed E-state index contributed by atoms with van der Waals surface area (Å²) in [5.41, 5.74) is 6.57. The summed E-state index contributed by atoms with van der Waals surface area (Å²) in [7, 11) is -13.7. The number of aromatic nitrogens is 3. The molecule has 1 unspecified atom stereocenters. The van der Waals surface area contributed by atoms with Gasteiger partial charge >= 0.3 is 11.4 Å². The zero-order valence-corrected chi connectivity index (χ0v) is 28.1. The minimum Gasteiger partial charge on any atom is -0.397 e. The predicted octanol–water partition coefficient (Wildman–Crippen LogP) is 3.74. The highest BCUT2D eigenvalue weighted by Gasteiger charge is 2.23. The lowest BCUT2D eigenvalue weighted by Gasteiger charge is -2.11. The van der Waals surface area contributed by atoms with Gasteiger partial charge in [-0.2, -0.15) is 36.0 Å². The first-order valence-electron chi connectivity index (χ1n) is 12.8. The fourth-order valence-corrected chi connectivity index (χ4v) is 6.89. The smallest absolute Gasteiger partial charge is 0.301 e. The molecule has 0 saturated heterocycles. The summed E-state index contributed by atoms with van der Waals surface area (Å²) in [5, 5.41) is 13.1. The molecule has 1 aromatic heterocycles. The Morgan fingerprint density at radius 2 is 1.40 bits per heavy atom. The molecule has 7 N–H and O–H groups in total. The van der Waals surface area contributed by atoms with E-state index < -0.39 is 69.3 Å². The van der Waals surface area contributed by atoms with E-state index in [1.165, 1.54) is 43.3 Å². The van der Waals surface area contributed by atoms with Crippen molar-refractivity contribution >= 4 is 93.4 Å². The Bertz CT molecular complexity index is 2270. The molecule has 24 heteroatoms. The zero-order valence-electron chi connectivity index (χ0n) is 24.0. The number of halogens is 1. The molecular formula is C24H23ClN8O11S4. The number of sulfone groups is 1. The van der Waals surface area contributed by atoms with Gasteiger partial charge in [0.25, 0.3) is 20.2 Å². The third-order valence-corrected chi connectivity index (χ3v) is 10.1. The summed E-state index contributed by atoms with van der Waals surface area (Å²) in [4.78, 5) is 10.3. The molecule has 1 heterocycles. The summed E-state index contributed by atoms with van der Waals surface area (Å²) in [5.74, 6) is -0.900. The Morgan fingerprint density at radius 3 is 1.98 bits per heavy atom. The van der Waals surface area contributed by atoms with Crippen molar-refractivity contribution in [2.24, 2.45) is 10.2 Å². The Balaban J connectivity index is 1.54. The Kier molecular flexibility index (Phi) is 11.1. The summed E-state index contributed by atoms with van der Waals surface area (Å²) in [6.45, 7) is 0.841. The lowest BCUT2D eigenvalue weighted by Crippen LogP contribution is -2.14. The van der Waals surface area contributed by atoms with Gasteiger partial charge in [-0.3, -0.25) is 17.8 Å². The second kappa shape index (κ2) is 14.5. The van der Waals surface area contributed by atoms with Crippen molar-refractivity contribution in [3.8, 4) is 0 Å². The zero-order chi connectivity index (χ0) is 35.4. The maximum atomic E-state index is 12.5. The van der Waals surface area contributed by atoms with Gasteiger partial charge in [-0.05, 0) is 72.6 Å². The highest BCUT2D eigenvalue weighted by molar-refractivity contribution is 7.91. The number of nitrogens with zero attached hydrogens (tertiary/aromatic N) is 5. The van der Waals surface area contributed by atoms with E-state index in [0.29, 0.717) is 17.3 Å². The van der Waals surface area contributed by atoms with Crippen LogP contribution in [0.15, 0.2) is 79.5 Å². The van der Waals surface area contributed by atoms with Crippen molar-refractivity contribution in [2.45, 2.75) is 21.6 Å². The van der Waals surface area contributed by atoms with Crippen molar-refractivity contribution in [1.29, 1.82) is 0 Å². The lowest BCUT2D eigenvalue weighted by atomic mass is 10.2. The first-order valence-corrected chi connectivity index (χ1v) is 18.7. The van der Waals surface area contributed by atoms with Crippen molar-refractivity contribution in [2.75, 3.05) is 28.7 Å². The molecule has 48 heavy (non-hydrogen) atoms. The van der Waals surface area contributed by atoms with Crippen molar-refractivity contribution < 1.29 is 47.3 Å². The van der Waals surface area contributed by atoms with Crippen molar-refractivity contribution in [1.82, 2.24) is 15.0 Å². The van der Waals surface area contributed by atoms with Gasteiger partial charge in [-0.25, -0.2) is 8.42 Å². The topological polar surface area (TPSA) is 303 Å². The number of benzene rings is 3. The molecule has 3 aromatic carbocycles. The van der Waals surface area contributed by atoms with Gasteiger partial charge in [-0.15, -0.1) is 10.2 Å².